The van der Waals surface area contributed by atoms with Gasteiger partial charge in [0.15, 0.2) is 0 Å². The Bertz CT molecular complexity index is 345. The van der Waals surface area contributed by atoms with Crippen molar-refractivity contribution in [2.24, 2.45) is 11.7 Å². The molecule has 1 aromatic rings. The van der Waals surface area contributed by atoms with Crippen LogP contribution in [0, 0.1) is 5.92 Å². The summed E-state index contributed by atoms with van der Waals surface area (Å²) >= 11 is 0. The molecule has 0 aliphatic carbocycles. The van der Waals surface area contributed by atoms with Gasteiger partial charge in [-0.1, -0.05) is 20.3 Å². The smallest absolute Gasteiger partial charge is 0.135 e. The van der Waals surface area contributed by atoms with Gasteiger partial charge in [0, 0.05) is 18.9 Å². The van der Waals surface area contributed by atoms with E-state index < -0.39 is 0 Å². The lowest BCUT2D eigenvalue weighted by Gasteiger charge is -2.24. The first kappa shape index (κ1) is 11.6. The minimum absolute atomic E-state index is 0.516. The zero-order valence-electron chi connectivity index (χ0n) is 10.3. The molecule has 4 heteroatoms. The summed E-state index contributed by atoms with van der Waals surface area (Å²) < 4.78 is 2.31. The molecular formula is C12H22N4. The first-order chi connectivity index (χ1) is 7.76. The Morgan fingerprint density at radius 3 is 3.00 bits per heavy atom. The molecule has 2 heterocycles. The molecule has 90 valence electrons. The molecule has 0 fully saturated rings. The van der Waals surface area contributed by atoms with Crippen LogP contribution in [-0.4, -0.2) is 21.3 Å². The number of fused-ring (bicyclic) bond motifs is 1. The van der Waals surface area contributed by atoms with E-state index in [1.54, 1.807) is 0 Å². The summed E-state index contributed by atoms with van der Waals surface area (Å²) in [6.07, 6.45) is 4.58. The lowest BCUT2D eigenvalue weighted by molar-refractivity contribution is 0.361. The minimum atomic E-state index is 0.516. The SMILES string of the molecule is CCCC(C)c1nnc2n1CC(CN)CC2. The third kappa shape index (κ3) is 2.12. The molecule has 16 heavy (non-hydrogen) atoms. The number of hydrogen-bond donors (Lipinski definition) is 1. The highest BCUT2D eigenvalue weighted by Crippen LogP contribution is 2.25. The van der Waals surface area contributed by atoms with Crippen LogP contribution < -0.4 is 5.73 Å². The molecule has 0 spiro atoms. The standard InChI is InChI=1S/C12H22N4/c1-3-4-9(2)12-15-14-11-6-5-10(7-13)8-16(11)12/h9-10H,3-8,13H2,1-2H3. The molecule has 0 saturated carbocycles. The predicted octanol–water partition coefficient (Wildman–Crippen LogP) is 1.70. The Kier molecular flexibility index (Phi) is 3.59. The van der Waals surface area contributed by atoms with Gasteiger partial charge in [0.2, 0.25) is 0 Å². The Morgan fingerprint density at radius 1 is 1.50 bits per heavy atom. The second-order valence-electron chi connectivity index (χ2n) is 4.92. The third-order valence-corrected chi connectivity index (χ3v) is 3.57. The van der Waals surface area contributed by atoms with Crippen LogP contribution in [0.2, 0.25) is 0 Å². The van der Waals surface area contributed by atoms with Gasteiger partial charge < -0.3 is 10.3 Å². The van der Waals surface area contributed by atoms with Crippen molar-refractivity contribution in [1.29, 1.82) is 0 Å². The minimum Gasteiger partial charge on any atom is -0.330 e. The van der Waals surface area contributed by atoms with Gasteiger partial charge in [-0.05, 0) is 25.3 Å². The number of nitrogens with zero attached hydrogens (tertiary/aromatic N) is 3. The van der Waals surface area contributed by atoms with Crippen LogP contribution in [0.5, 0.6) is 0 Å². The van der Waals surface area contributed by atoms with E-state index in [4.69, 9.17) is 5.73 Å². The highest BCUT2D eigenvalue weighted by molar-refractivity contribution is 5.04. The van der Waals surface area contributed by atoms with E-state index in [0.717, 1.165) is 37.6 Å². The van der Waals surface area contributed by atoms with Crippen LogP contribution in [0.1, 0.15) is 50.7 Å². The van der Waals surface area contributed by atoms with Crippen LogP contribution in [-0.2, 0) is 13.0 Å². The largest absolute Gasteiger partial charge is 0.330 e. The Labute approximate surface area is 97.2 Å². The predicted molar refractivity (Wildman–Crippen MR) is 64.2 cm³/mol. The van der Waals surface area contributed by atoms with Gasteiger partial charge >= 0.3 is 0 Å². The van der Waals surface area contributed by atoms with Gasteiger partial charge in [-0.25, -0.2) is 0 Å². The fourth-order valence-corrected chi connectivity index (χ4v) is 2.53. The van der Waals surface area contributed by atoms with E-state index in [-0.39, 0.29) is 0 Å². The summed E-state index contributed by atoms with van der Waals surface area (Å²) in [7, 11) is 0. The Hall–Kier alpha value is -0.900. The van der Waals surface area contributed by atoms with Crippen LogP contribution in [0.25, 0.3) is 0 Å². The van der Waals surface area contributed by atoms with Gasteiger partial charge in [-0.15, -0.1) is 10.2 Å². The molecule has 4 nitrogen and oxygen atoms in total. The average molecular weight is 222 g/mol. The first-order valence-electron chi connectivity index (χ1n) is 6.38. The van der Waals surface area contributed by atoms with Gasteiger partial charge in [0.25, 0.3) is 0 Å². The first-order valence-corrected chi connectivity index (χ1v) is 6.38. The summed E-state index contributed by atoms with van der Waals surface area (Å²) in [4.78, 5) is 0. The van der Waals surface area contributed by atoms with Crippen molar-refractivity contribution >= 4 is 0 Å². The van der Waals surface area contributed by atoms with E-state index in [1.165, 1.54) is 12.8 Å². The molecule has 1 aliphatic heterocycles. The molecule has 1 aromatic heterocycles. The van der Waals surface area contributed by atoms with Crippen molar-refractivity contribution in [1.82, 2.24) is 14.8 Å². The molecule has 0 aromatic carbocycles. The van der Waals surface area contributed by atoms with Crippen LogP contribution >= 0.6 is 0 Å². The highest BCUT2D eigenvalue weighted by Gasteiger charge is 2.23. The number of hydrogen-bond acceptors (Lipinski definition) is 3. The van der Waals surface area contributed by atoms with Crippen LogP contribution in [0.4, 0.5) is 0 Å². The number of rotatable bonds is 4. The lowest BCUT2D eigenvalue weighted by atomic mass is 9.98. The Balaban J connectivity index is 2.19. The quantitative estimate of drug-likeness (QED) is 0.843. The topological polar surface area (TPSA) is 56.7 Å². The van der Waals surface area contributed by atoms with Crippen LogP contribution in [0.3, 0.4) is 0 Å². The summed E-state index contributed by atoms with van der Waals surface area (Å²) in [6.45, 7) is 6.25. The highest BCUT2D eigenvalue weighted by atomic mass is 15.3. The van der Waals surface area contributed by atoms with Crippen molar-refractivity contribution < 1.29 is 0 Å². The Morgan fingerprint density at radius 2 is 2.31 bits per heavy atom. The maximum atomic E-state index is 5.76. The maximum Gasteiger partial charge on any atom is 0.135 e. The van der Waals surface area contributed by atoms with E-state index >= 15 is 0 Å². The van der Waals surface area contributed by atoms with Crippen molar-refractivity contribution in [3.63, 3.8) is 0 Å². The molecule has 1 aliphatic rings. The van der Waals surface area contributed by atoms with E-state index in [9.17, 15) is 0 Å². The normalized spacial score (nSPS) is 21.8. The molecule has 2 N–H and O–H groups in total. The van der Waals surface area contributed by atoms with E-state index in [1.807, 2.05) is 0 Å². The molecule has 2 atom stereocenters. The van der Waals surface area contributed by atoms with E-state index in [2.05, 4.69) is 28.6 Å². The lowest BCUT2D eigenvalue weighted by Crippen LogP contribution is -2.27. The van der Waals surface area contributed by atoms with Gasteiger partial charge in [-0.2, -0.15) is 0 Å². The molecule has 0 bridgehead atoms. The number of nitrogens with two attached hydrogens (primary N) is 1. The van der Waals surface area contributed by atoms with Gasteiger partial charge in [0.1, 0.15) is 11.6 Å². The summed E-state index contributed by atoms with van der Waals surface area (Å²) in [5, 5.41) is 8.66. The van der Waals surface area contributed by atoms with Crippen molar-refractivity contribution in [3.05, 3.63) is 11.6 Å². The van der Waals surface area contributed by atoms with E-state index in [0.29, 0.717) is 11.8 Å². The molecule has 0 saturated heterocycles. The molecule has 0 radical (unpaired) electrons. The third-order valence-electron chi connectivity index (χ3n) is 3.57. The second-order valence-corrected chi connectivity index (χ2v) is 4.92. The van der Waals surface area contributed by atoms with Crippen molar-refractivity contribution in [3.8, 4) is 0 Å². The van der Waals surface area contributed by atoms with Crippen molar-refractivity contribution in [2.45, 2.75) is 52.0 Å². The second kappa shape index (κ2) is 4.95. The van der Waals surface area contributed by atoms with Gasteiger partial charge in [0.05, 0.1) is 0 Å². The monoisotopic (exact) mass is 222 g/mol. The summed E-state index contributed by atoms with van der Waals surface area (Å²) in [5.74, 6) is 3.44. The molecule has 2 rings (SSSR count). The summed E-state index contributed by atoms with van der Waals surface area (Å²) in [5.41, 5.74) is 5.76. The summed E-state index contributed by atoms with van der Waals surface area (Å²) in [6, 6.07) is 0. The fraction of sp³-hybridized carbons (Fsp3) is 0.833. The zero-order chi connectivity index (χ0) is 11.5. The maximum absolute atomic E-state index is 5.76. The number of aromatic nitrogens is 3. The zero-order valence-corrected chi connectivity index (χ0v) is 10.3. The van der Waals surface area contributed by atoms with Crippen LogP contribution in [0.15, 0.2) is 0 Å². The average Bonchev–Trinajstić information content (AvgIpc) is 2.71. The molecule has 2 unspecified atom stereocenters. The van der Waals surface area contributed by atoms with Crippen molar-refractivity contribution in [2.75, 3.05) is 6.54 Å². The molecular weight excluding hydrogens is 200 g/mol. The fourth-order valence-electron chi connectivity index (χ4n) is 2.53. The number of aryl methyl sites for hydroxylation is 1. The van der Waals surface area contributed by atoms with Gasteiger partial charge in [-0.3, -0.25) is 0 Å². The molecule has 0 amide bonds.